The maximum atomic E-state index is 6.10. The molecular formula is C14H32O3Si. The van der Waals surface area contributed by atoms with Crippen LogP contribution >= 0.6 is 0 Å². The van der Waals surface area contributed by atoms with Gasteiger partial charge in [0.25, 0.3) is 0 Å². The van der Waals surface area contributed by atoms with Gasteiger partial charge < -0.3 is 13.3 Å². The Morgan fingerprint density at radius 1 is 0.722 bits per heavy atom. The van der Waals surface area contributed by atoms with E-state index in [1.54, 1.807) is 0 Å². The molecule has 4 heteroatoms. The minimum atomic E-state index is -2.52. The molecule has 110 valence electrons. The number of rotatable bonds is 10. The fraction of sp³-hybridized carbons (Fsp3) is 1.00. The van der Waals surface area contributed by atoms with Crippen LogP contribution in [0.25, 0.3) is 0 Å². The molecule has 0 atom stereocenters. The van der Waals surface area contributed by atoms with E-state index >= 15 is 0 Å². The van der Waals surface area contributed by atoms with Crippen LogP contribution in [0.15, 0.2) is 0 Å². The summed E-state index contributed by atoms with van der Waals surface area (Å²) in [6, 6.07) is 0.926. The summed E-state index contributed by atoms with van der Waals surface area (Å²) in [6.45, 7) is 14.5. The van der Waals surface area contributed by atoms with E-state index in [0.717, 1.165) is 12.5 Å². The monoisotopic (exact) mass is 276 g/mol. The van der Waals surface area contributed by atoms with E-state index in [1.165, 1.54) is 12.8 Å². The first-order chi connectivity index (χ1) is 8.31. The van der Waals surface area contributed by atoms with Crippen LogP contribution < -0.4 is 0 Å². The van der Waals surface area contributed by atoms with Crippen LogP contribution in [0.2, 0.25) is 6.04 Å². The van der Waals surface area contributed by atoms with Crippen molar-refractivity contribution in [2.45, 2.75) is 92.1 Å². The van der Waals surface area contributed by atoms with E-state index in [0.29, 0.717) is 0 Å². The molecule has 0 aromatic heterocycles. The number of hydrogen-bond acceptors (Lipinski definition) is 3. The van der Waals surface area contributed by atoms with Crippen molar-refractivity contribution in [3.8, 4) is 0 Å². The SMILES string of the molecule is CCCCC[Si](OC(C)C)(OC(C)C)OC(C)C. The second-order valence-electron chi connectivity index (χ2n) is 5.64. The first kappa shape index (κ1) is 18.1. The van der Waals surface area contributed by atoms with Crippen LogP contribution in [0.4, 0.5) is 0 Å². The maximum Gasteiger partial charge on any atom is 0.501 e. The molecule has 0 fully saturated rings. The van der Waals surface area contributed by atoms with E-state index < -0.39 is 8.80 Å². The lowest BCUT2D eigenvalue weighted by Gasteiger charge is -2.34. The molecular weight excluding hydrogens is 244 g/mol. The predicted octanol–water partition coefficient (Wildman–Crippen LogP) is 4.39. The van der Waals surface area contributed by atoms with Crippen molar-refractivity contribution in [2.75, 3.05) is 0 Å². The minimum Gasteiger partial charge on any atom is -0.371 e. The van der Waals surface area contributed by atoms with Crippen LogP contribution in [0.5, 0.6) is 0 Å². The van der Waals surface area contributed by atoms with E-state index in [9.17, 15) is 0 Å². The van der Waals surface area contributed by atoms with Gasteiger partial charge in [-0.2, -0.15) is 0 Å². The van der Waals surface area contributed by atoms with Crippen LogP contribution in [-0.2, 0) is 13.3 Å². The molecule has 0 unspecified atom stereocenters. The largest absolute Gasteiger partial charge is 0.501 e. The van der Waals surface area contributed by atoms with E-state index in [2.05, 4.69) is 48.5 Å². The molecule has 0 rings (SSSR count). The smallest absolute Gasteiger partial charge is 0.371 e. The fourth-order valence-electron chi connectivity index (χ4n) is 1.93. The van der Waals surface area contributed by atoms with Crippen LogP contribution in [-0.4, -0.2) is 27.1 Å². The topological polar surface area (TPSA) is 27.7 Å². The molecule has 0 aliphatic carbocycles. The molecule has 0 spiro atoms. The summed E-state index contributed by atoms with van der Waals surface area (Å²) in [5, 5.41) is 0. The molecule has 0 saturated carbocycles. The Labute approximate surface area is 115 Å². The second-order valence-corrected chi connectivity index (χ2v) is 8.21. The van der Waals surface area contributed by atoms with Gasteiger partial charge in [-0.05, 0) is 48.0 Å². The lowest BCUT2D eigenvalue weighted by Crippen LogP contribution is -2.50. The second kappa shape index (κ2) is 9.07. The molecule has 18 heavy (non-hydrogen) atoms. The highest BCUT2D eigenvalue weighted by atomic mass is 28.4. The molecule has 0 amide bonds. The molecule has 0 N–H and O–H groups in total. The van der Waals surface area contributed by atoms with Crippen LogP contribution in [0, 0.1) is 0 Å². The zero-order chi connectivity index (χ0) is 14.2. The molecule has 0 aromatic rings. The third-order valence-electron chi connectivity index (χ3n) is 2.33. The van der Waals surface area contributed by atoms with Gasteiger partial charge in [-0.3, -0.25) is 0 Å². The highest BCUT2D eigenvalue weighted by Crippen LogP contribution is 2.24. The lowest BCUT2D eigenvalue weighted by atomic mass is 10.3. The van der Waals surface area contributed by atoms with Gasteiger partial charge in [0.15, 0.2) is 0 Å². The van der Waals surface area contributed by atoms with Crippen molar-refractivity contribution in [1.82, 2.24) is 0 Å². The summed E-state index contributed by atoms with van der Waals surface area (Å²) in [4.78, 5) is 0. The van der Waals surface area contributed by atoms with Crippen molar-refractivity contribution >= 4 is 8.80 Å². The van der Waals surface area contributed by atoms with E-state index in [4.69, 9.17) is 13.3 Å². The Morgan fingerprint density at radius 3 is 1.39 bits per heavy atom. The molecule has 0 heterocycles. The van der Waals surface area contributed by atoms with Crippen molar-refractivity contribution < 1.29 is 13.3 Å². The average molecular weight is 276 g/mol. The Kier molecular flexibility index (Phi) is 9.12. The standard InChI is InChI=1S/C14H32O3Si/c1-8-9-10-11-18(15-12(2)3,16-13(4)5)17-14(6)7/h12-14H,8-11H2,1-7H3. The van der Waals surface area contributed by atoms with Gasteiger partial charge in [0.2, 0.25) is 0 Å². The quantitative estimate of drug-likeness (QED) is 0.437. The third kappa shape index (κ3) is 8.24. The van der Waals surface area contributed by atoms with Gasteiger partial charge in [0.05, 0.1) is 0 Å². The average Bonchev–Trinajstić information content (AvgIpc) is 2.13. The summed E-state index contributed by atoms with van der Waals surface area (Å²) < 4.78 is 18.3. The van der Waals surface area contributed by atoms with Crippen molar-refractivity contribution in [2.24, 2.45) is 0 Å². The van der Waals surface area contributed by atoms with Gasteiger partial charge in [-0.1, -0.05) is 19.8 Å². The Bertz CT molecular complexity index is 179. The summed E-state index contributed by atoms with van der Waals surface area (Å²) in [5.74, 6) is 0. The highest BCUT2D eigenvalue weighted by Gasteiger charge is 2.43. The van der Waals surface area contributed by atoms with Crippen molar-refractivity contribution in [3.05, 3.63) is 0 Å². The van der Waals surface area contributed by atoms with Gasteiger partial charge in [-0.15, -0.1) is 0 Å². The molecule has 0 aromatic carbocycles. The minimum absolute atomic E-state index is 0.149. The summed E-state index contributed by atoms with van der Waals surface area (Å²) in [6.07, 6.45) is 3.98. The lowest BCUT2D eigenvalue weighted by molar-refractivity contribution is 0.00280. The van der Waals surface area contributed by atoms with Crippen LogP contribution in [0.3, 0.4) is 0 Å². The van der Waals surface area contributed by atoms with Crippen molar-refractivity contribution in [1.29, 1.82) is 0 Å². The van der Waals surface area contributed by atoms with Gasteiger partial charge in [-0.25, -0.2) is 0 Å². The van der Waals surface area contributed by atoms with Gasteiger partial charge in [0, 0.05) is 24.4 Å². The fourth-order valence-corrected chi connectivity index (χ4v) is 5.29. The highest BCUT2D eigenvalue weighted by molar-refractivity contribution is 6.60. The number of hydrogen-bond donors (Lipinski definition) is 0. The first-order valence-electron chi connectivity index (χ1n) is 7.34. The zero-order valence-electron chi connectivity index (χ0n) is 13.3. The molecule has 0 bridgehead atoms. The normalized spacial score (nSPS) is 13.0. The van der Waals surface area contributed by atoms with Crippen molar-refractivity contribution in [3.63, 3.8) is 0 Å². The molecule has 0 saturated heterocycles. The molecule has 3 nitrogen and oxygen atoms in total. The van der Waals surface area contributed by atoms with Gasteiger partial charge >= 0.3 is 8.80 Å². The summed E-state index contributed by atoms with van der Waals surface area (Å²) in [7, 11) is -2.52. The van der Waals surface area contributed by atoms with E-state index in [1.807, 2.05) is 0 Å². The summed E-state index contributed by atoms with van der Waals surface area (Å²) in [5.41, 5.74) is 0. The van der Waals surface area contributed by atoms with Gasteiger partial charge in [0.1, 0.15) is 0 Å². The molecule has 0 aliphatic rings. The van der Waals surface area contributed by atoms with E-state index in [-0.39, 0.29) is 18.3 Å². The Balaban J connectivity index is 4.74. The Morgan fingerprint density at radius 2 is 1.11 bits per heavy atom. The number of unbranched alkanes of at least 4 members (excludes halogenated alkanes) is 2. The molecule has 0 aliphatic heterocycles. The first-order valence-corrected chi connectivity index (χ1v) is 9.28. The maximum absolute atomic E-state index is 6.10. The third-order valence-corrected chi connectivity index (χ3v) is 5.79. The predicted molar refractivity (Wildman–Crippen MR) is 78.7 cm³/mol. The Hall–Kier alpha value is 0.0969. The molecule has 0 radical (unpaired) electrons. The zero-order valence-corrected chi connectivity index (χ0v) is 14.3. The summed E-state index contributed by atoms with van der Waals surface area (Å²) >= 11 is 0. The van der Waals surface area contributed by atoms with Crippen LogP contribution in [0.1, 0.15) is 67.7 Å².